The zero-order valence-electron chi connectivity index (χ0n) is 12.8. The number of carbonyl (C=O) groups is 2. The van der Waals surface area contributed by atoms with Crippen molar-refractivity contribution < 1.29 is 19.8 Å². The maximum atomic E-state index is 12.6. The quantitative estimate of drug-likeness (QED) is 0.501. The molecule has 1 unspecified atom stereocenters. The largest absolute Gasteiger partial charge is 0.481 e. The van der Waals surface area contributed by atoms with Gasteiger partial charge in [0.15, 0.2) is 5.78 Å². The van der Waals surface area contributed by atoms with Gasteiger partial charge in [0, 0.05) is 12.2 Å². The van der Waals surface area contributed by atoms with Crippen molar-refractivity contribution in [1.29, 1.82) is 0 Å². The Morgan fingerprint density at radius 1 is 1.19 bits per heavy atom. The lowest BCUT2D eigenvalue weighted by Crippen LogP contribution is -2.40. The van der Waals surface area contributed by atoms with E-state index in [0.29, 0.717) is 18.5 Å². The molecule has 0 aliphatic rings. The van der Waals surface area contributed by atoms with E-state index in [1.807, 2.05) is 32.9 Å². The zero-order chi connectivity index (χ0) is 16.0. The Balaban J connectivity index is 3.01. The van der Waals surface area contributed by atoms with E-state index in [2.05, 4.69) is 5.32 Å². The van der Waals surface area contributed by atoms with Crippen LogP contribution >= 0.6 is 0 Å². The number of carbonyl (C=O) groups excluding carboxylic acids is 1. The third-order valence-electron chi connectivity index (χ3n) is 3.34. The third-order valence-corrected chi connectivity index (χ3v) is 3.34. The Bertz CT molecular complexity index is 502. The van der Waals surface area contributed by atoms with Crippen LogP contribution in [0, 0.1) is 20.8 Å². The molecule has 116 valence electrons. The summed E-state index contributed by atoms with van der Waals surface area (Å²) in [5.41, 5.74) is 3.38. The summed E-state index contributed by atoms with van der Waals surface area (Å²) in [6.45, 7) is 6.09. The standard InChI is InChI=1S/C16H23NO4/c1-10-7-11(2)15(12(3)8-10)16(21)13(9-14(19)20)17-5-4-6-18/h7-8,13,17-18H,4-6,9H2,1-3H3,(H,19,20). The minimum absolute atomic E-state index is 0.00354. The Hall–Kier alpha value is -1.72. The highest BCUT2D eigenvalue weighted by Gasteiger charge is 2.25. The molecule has 0 bridgehead atoms. The van der Waals surface area contributed by atoms with Gasteiger partial charge >= 0.3 is 5.97 Å². The first kappa shape index (κ1) is 17.3. The number of aryl methyl sites for hydroxylation is 3. The van der Waals surface area contributed by atoms with Gasteiger partial charge in [0.05, 0.1) is 12.5 Å². The van der Waals surface area contributed by atoms with Crippen molar-refractivity contribution in [1.82, 2.24) is 5.32 Å². The number of aliphatic carboxylic acids is 1. The Kier molecular flexibility index (Phi) is 6.52. The van der Waals surface area contributed by atoms with Crippen molar-refractivity contribution in [2.75, 3.05) is 13.2 Å². The lowest BCUT2D eigenvalue weighted by atomic mass is 9.92. The Labute approximate surface area is 125 Å². The van der Waals surface area contributed by atoms with Crippen LogP contribution < -0.4 is 5.32 Å². The lowest BCUT2D eigenvalue weighted by molar-refractivity contribution is -0.137. The van der Waals surface area contributed by atoms with Gasteiger partial charge in [-0.25, -0.2) is 0 Å². The average molecular weight is 293 g/mol. The summed E-state index contributed by atoms with van der Waals surface area (Å²) in [7, 11) is 0. The van der Waals surface area contributed by atoms with Gasteiger partial charge in [0.25, 0.3) is 0 Å². The van der Waals surface area contributed by atoms with Crippen molar-refractivity contribution in [2.45, 2.75) is 39.7 Å². The summed E-state index contributed by atoms with van der Waals surface area (Å²) < 4.78 is 0. The van der Waals surface area contributed by atoms with E-state index >= 15 is 0 Å². The fourth-order valence-corrected chi connectivity index (χ4v) is 2.53. The van der Waals surface area contributed by atoms with Gasteiger partial charge in [0.1, 0.15) is 0 Å². The molecule has 3 N–H and O–H groups in total. The van der Waals surface area contributed by atoms with E-state index in [9.17, 15) is 9.59 Å². The van der Waals surface area contributed by atoms with Crippen LogP contribution in [-0.2, 0) is 4.79 Å². The maximum absolute atomic E-state index is 12.6. The highest BCUT2D eigenvalue weighted by atomic mass is 16.4. The molecule has 1 rings (SSSR count). The number of ketones is 1. The van der Waals surface area contributed by atoms with Crippen molar-refractivity contribution in [3.05, 3.63) is 34.4 Å². The first-order chi connectivity index (χ1) is 9.86. The van der Waals surface area contributed by atoms with E-state index in [0.717, 1.165) is 16.7 Å². The molecule has 0 spiro atoms. The van der Waals surface area contributed by atoms with Crippen molar-refractivity contribution in [2.24, 2.45) is 0 Å². The molecule has 0 aromatic heterocycles. The molecule has 0 saturated carbocycles. The molecule has 0 saturated heterocycles. The van der Waals surface area contributed by atoms with Gasteiger partial charge in [-0.2, -0.15) is 0 Å². The molecular weight excluding hydrogens is 270 g/mol. The number of nitrogens with one attached hydrogen (secondary N) is 1. The first-order valence-corrected chi connectivity index (χ1v) is 7.05. The molecular formula is C16H23NO4. The minimum Gasteiger partial charge on any atom is -0.481 e. The number of hydrogen-bond donors (Lipinski definition) is 3. The number of hydrogen-bond acceptors (Lipinski definition) is 4. The van der Waals surface area contributed by atoms with Crippen LogP contribution in [-0.4, -0.2) is 41.2 Å². The molecule has 1 atom stereocenters. The molecule has 0 aliphatic heterocycles. The fraction of sp³-hybridized carbons (Fsp3) is 0.500. The number of rotatable bonds is 8. The highest BCUT2D eigenvalue weighted by Crippen LogP contribution is 2.19. The maximum Gasteiger partial charge on any atom is 0.305 e. The predicted octanol–water partition coefficient (Wildman–Crippen LogP) is 1.61. The minimum atomic E-state index is -1.02. The van der Waals surface area contributed by atoms with E-state index in [4.69, 9.17) is 10.2 Å². The summed E-state index contributed by atoms with van der Waals surface area (Å²) in [5, 5.41) is 20.7. The van der Waals surface area contributed by atoms with Crippen molar-refractivity contribution in [3.8, 4) is 0 Å². The predicted molar refractivity (Wildman–Crippen MR) is 80.7 cm³/mol. The van der Waals surface area contributed by atoms with Gasteiger partial charge in [0.2, 0.25) is 0 Å². The van der Waals surface area contributed by atoms with E-state index < -0.39 is 12.0 Å². The zero-order valence-corrected chi connectivity index (χ0v) is 12.8. The second-order valence-corrected chi connectivity index (χ2v) is 5.32. The molecule has 5 nitrogen and oxygen atoms in total. The van der Waals surface area contributed by atoms with Gasteiger partial charge in [-0.15, -0.1) is 0 Å². The number of aliphatic hydroxyl groups excluding tert-OH is 1. The number of aliphatic hydroxyl groups is 1. The average Bonchev–Trinajstić information content (AvgIpc) is 2.35. The summed E-state index contributed by atoms with van der Waals surface area (Å²) >= 11 is 0. The van der Waals surface area contributed by atoms with Crippen molar-refractivity contribution >= 4 is 11.8 Å². The normalized spacial score (nSPS) is 12.2. The molecule has 0 aliphatic carbocycles. The highest BCUT2D eigenvalue weighted by molar-refractivity contribution is 6.04. The summed E-state index contributed by atoms with van der Waals surface area (Å²) in [6.07, 6.45) is 0.215. The fourth-order valence-electron chi connectivity index (χ4n) is 2.53. The Morgan fingerprint density at radius 2 is 1.76 bits per heavy atom. The van der Waals surface area contributed by atoms with E-state index in [1.54, 1.807) is 0 Å². The van der Waals surface area contributed by atoms with E-state index in [-0.39, 0.29) is 18.8 Å². The van der Waals surface area contributed by atoms with Gasteiger partial charge < -0.3 is 15.5 Å². The second kappa shape index (κ2) is 7.90. The first-order valence-electron chi connectivity index (χ1n) is 7.05. The molecule has 1 aromatic carbocycles. The van der Waals surface area contributed by atoms with Gasteiger partial charge in [-0.05, 0) is 44.9 Å². The number of carboxylic acid groups (broad SMARTS) is 1. The number of Topliss-reactive ketones (excluding diaryl/α,β-unsaturated/α-hetero) is 1. The van der Waals surface area contributed by atoms with Crippen molar-refractivity contribution in [3.63, 3.8) is 0 Å². The summed E-state index contributed by atoms with van der Waals surface area (Å²) in [5.74, 6) is -1.22. The molecule has 0 radical (unpaired) electrons. The Morgan fingerprint density at radius 3 is 2.24 bits per heavy atom. The molecule has 0 amide bonds. The molecule has 1 aromatic rings. The number of benzene rings is 1. The molecule has 0 heterocycles. The summed E-state index contributed by atoms with van der Waals surface area (Å²) in [6, 6.07) is 3.08. The van der Waals surface area contributed by atoms with Gasteiger partial charge in [-0.1, -0.05) is 17.7 Å². The van der Waals surface area contributed by atoms with Crippen LogP contribution in [0.25, 0.3) is 0 Å². The lowest BCUT2D eigenvalue weighted by Gasteiger charge is -2.18. The monoisotopic (exact) mass is 293 g/mol. The number of carboxylic acids is 1. The second-order valence-electron chi connectivity index (χ2n) is 5.32. The smallest absolute Gasteiger partial charge is 0.305 e. The third kappa shape index (κ3) is 4.95. The molecule has 21 heavy (non-hydrogen) atoms. The summed E-state index contributed by atoms with van der Waals surface area (Å²) in [4.78, 5) is 23.6. The molecule has 5 heteroatoms. The van der Waals surface area contributed by atoms with Crippen LogP contribution in [0.1, 0.15) is 39.9 Å². The van der Waals surface area contributed by atoms with Gasteiger partial charge in [-0.3, -0.25) is 9.59 Å². The van der Waals surface area contributed by atoms with E-state index in [1.165, 1.54) is 0 Å². The van der Waals surface area contributed by atoms with Crippen LogP contribution in [0.5, 0.6) is 0 Å². The van der Waals surface area contributed by atoms with Crippen LogP contribution in [0.2, 0.25) is 0 Å². The van der Waals surface area contributed by atoms with Crippen LogP contribution in [0.15, 0.2) is 12.1 Å². The topological polar surface area (TPSA) is 86.6 Å². The molecule has 0 fully saturated rings. The van der Waals surface area contributed by atoms with Crippen LogP contribution in [0.4, 0.5) is 0 Å². The van der Waals surface area contributed by atoms with Crippen LogP contribution in [0.3, 0.4) is 0 Å². The SMILES string of the molecule is Cc1cc(C)c(C(=O)C(CC(=O)O)NCCCO)c(C)c1.